The molecule has 1 aliphatic heterocycles. The summed E-state index contributed by atoms with van der Waals surface area (Å²) in [4.78, 5) is 6.62. The summed E-state index contributed by atoms with van der Waals surface area (Å²) in [6.45, 7) is 1.79. The van der Waals surface area contributed by atoms with Crippen molar-refractivity contribution in [3.8, 4) is 0 Å². The van der Waals surface area contributed by atoms with Crippen LogP contribution in [0.25, 0.3) is 0 Å². The molecule has 0 bridgehead atoms. The van der Waals surface area contributed by atoms with Crippen LogP contribution in [0.5, 0.6) is 0 Å². The Kier molecular flexibility index (Phi) is 3.14. The highest BCUT2D eigenvalue weighted by molar-refractivity contribution is 6.32. The van der Waals surface area contributed by atoms with Crippen molar-refractivity contribution in [2.75, 3.05) is 4.90 Å². The van der Waals surface area contributed by atoms with Crippen LogP contribution in [0.1, 0.15) is 16.7 Å². The van der Waals surface area contributed by atoms with Crippen LogP contribution >= 0.6 is 23.2 Å². The molecule has 4 heteroatoms. The second-order valence-electron chi connectivity index (χ2n) is 4.39. The van der Waals surface area contributed by atoms with Crippen molar-refractivity contribution in [1.82, 2.24) is 4.98 Å². The average molecular weight is 279 g/mol. The molecule has 0 amide bonds. The highest BCUT2D eigenvalue weighted by atomic mass is 35.5. The molecule has 1 aliphatic rings. The van der Waals surface area contributed by atoms with Crippen LogP contribution < -0.4 is 4.90 Å². The lowest BCUT2D eigenvalue weighted by molar-refractivity contribution is 0.855. The minimum absolute atomic E-state index is 0.412. The number of nitrogens with zero attached hydrogens (tertiary/aromatic N) is 2. The maximum Gasteiger partial charge on any atom is 0.129 e. The zero-order valence-corrected chi connectivity index (χ0v) is 11.2. The lowest BCUT2D eigenvalue weighted by Gasteiger charge is -2.17. The van der Waals surface area contributed by atoms with E-state index in [1.807, 2.05) is 6.07 Å². The van der Waals surface area contributed by atoms with Crippen molar-refractivity contribution in [3.05, 3.63) is 58.2 Å². The van der Waals surface area contributed by atoms with E-state index in [-0.39, 0.29) is 0 Å². The predicted octanol–water partition coefficient (Wildman–Crippen LogP) is 3.99. The van der Waals surface area contributed by atoms with Crippen molar-refractivity contribution < 1.29 is 0 Å². The molecule has 0 radical (unpaired) electrons. The molecule has 0 saturated carbocycles. The van der Waals surface area contributed by atoms with Crippen molar-refractivity contribution in [2.24, 2.45) is 0 Å². The third kappa shape index (κ3) is 2.06. The molecule has 92 valence electrons. The first-order valence-corrected chi connectivity index (χ1v) is 6.71. The van der Waals surface area contributed by atoms with Gasteiger partial charge in [-0.2, -0.15) is 0 Å². The van der Waals surface area contributed by atoms with Gasteiger partial charge in [-0.05, 0) is 22.8 Å². The van der Waals surface area contributed by atoms with Gasteiger partial charge in [-0.1, -0.05) is 35.9 Å². The molecule has 2 nitrogen and oxygen atoms in total. The second-order valence-corrected chi connectivity index (χ2v) is 5.07. The van der Waals surface area contributed by atoms with Gasteiger partial charge in [0.15, 0.2) is 0 Å². The van der Waals surface area contributed by atoms with Gasteiger partial charge >= 0.3 is 0 Å². The van der Waals surface area contributed by atoms with Gasteiger partial charge in [0, 0.05) is 25.2 Å². The third-order valence-electron chi connectivity index (χ3n) is 3.23. The SMILES string of the molecule is ClCc1cc(N2Cc3ccccc3C2)ncc1Cl. The van der Waals surface area contributed by atoms with E-state index in [2.05, 4.69) is 34.1 Å². The molecule has 0 spiro atoms. The zero-order chi connectivity index (χ0) is 12.5. The number of benzene rings is 1. The van der Waals surface area contributed by atoms with Crippen LogP contribution in [0, 0.1) is 0 Å². The molecule has 0 atom stereocenters. The first-order chi connectivity index (χ1) is 8.78. The van der Waals surface area contributed by atoms with E-state index < -0.39 is 0 Å². The molecule has 18 heavy (non-hydrogen) atoms. The Hall–Kier alpha value is -1.25. The molecule has 0 saturated heterocycles. The Balaban J connectivity index is 1.90. The van der Waals surface area contributed by atoms with Gasteiger partial charge < -0.3 is 4.90 Å². The maximum absolute atomic E-state index is 6.03. The van der Waals surface area contributed by atoms with Gasteiger partial charge in [-0.3, -0.25) is 0 Å². The van der Waals surface area contributed by atoms with Crippen LogP contribution in [0.4, 0.5) is 5.82 Å². The van der Waals surface area contributed by atoms with Gasteiger partial charge in [0.2, 0.25) is 0 Å². The number of rotatable bonds is 2. The van der Waals surface area contributed by atoms with Crippen molar-refractivity contribution in [1.29, 1.82) is 0 Å². The predicted molar refractivity (Wildman–Crippen MR) is 75.1 cm³/mol. The van der Waals surface area contributed by atoms with Crippen LogP contribution in [0.3, 0.4) is 0 Å². The molecule has 0 N–H and O–H groups in total. The fraction of sp³-hybridized carbons (Fsp3) is 0.214. The van der Waals surface area contributed by atoms with E-state index >= 15 is 0 Å². The summed E-state index contributed by atoms with van der Waals surface area (Å²) in [5.41, 5.74) is 3.66. The summed E-state index contributed by atoms with van der Waals surface area (Å²) in [6.07, 6.45) is 1.68. The van der Waals surface area contributed by atoms with Crippen molar-refractivity contribution in [3.63, 3.8) is 0 Å². The van der Waals surface area contributed by atoms with E-state index in [9.17, 15) is 0 Å². The quantitative estimate of drug-likeness (QED) is 0.772. The monoisotopic (exact) mass is 278 g/mol. The number of hydrogen-bond acceptors (Lipinski definition) is 2. The topological polar surface area (TPSA) is 16.1 Å². The fourth-order valence-corrected chi connectivity index (χ4v) is 2.70. The van der Waals surface area contributed by atoms with Gasteiger partial charge in [0.1, 0.15) is 5.82 Å². The molecule has 1 aromatic carbocycles. The number of halogens is 2. The molecular formula is C14H12Cl2N2. The van der Waals surface area contributed by atoms with Crippen molar-refractivity contribution in [2.45, 2.75) is 19.0 Å². The van der Waals surface area contributed by atoms with Crippen LogP contribution in [-0.4, -0.2) is 4.98 Å². The highest BCUT2D eigenvalue weighted by Gasteiger charge is 2.19. The third-order valence-corrected chi connectivity index (χ3v) is 3.86. The summed E-state index contributed by atoms with van der Waals surface area (Å²) in [5.74, 6) is 1.35. The molecule has 1 aromatic heterocycles. The molecule has 2 aromatic rings. The van der Waals surface area contributed by atoms with Crippen LogP contribution in [0.15, 0.2) is 36.5 Å². The van der Waals surface area contributed by atoms with Crippen molar-refractivity contribution >= 4 is 29.0 Å². The number of fused-ring (bicyclic) bond motifs is 1. The van der Waals surface area contributed by atoms with E-state index in [1.54, 1.807) is 6.20 Å². The minimum atomic E-state index is 0.412. The Labute approximate surface area is 116 Å². The summed E-state index contributed by atoms with van der Waals surface area (Å²) in [7, 11) is 0. The Morgan fingerprint density at radius 2 is 1.83 bits per heavy atom. The van der Waals surface area contributed by atoms with Crippen LogP contribution in [-0.2, 0) is 19.0 Å². The molecular weight excluding hydrogens is 267 g/mol. The van der Waals surface area contributed by atoms with E-state index in [1.165, 1.54) is 11.1 Å². The van der Waals surface area contributed by atoms with Gasteiger partial charge in [0.25, 0.3) is 0 Å². The number of hydrogen-bond donors (Lipinski definition) is 0. The van der Waals surface area contributed by atoms with E-state index in [0.29, 0.717) is 10.9 Å². The van der Waals surface area contributed by atoms with E-state index in [0.717, 1.165) is 24.5 Å². The number of pyridine rings is 1. The summed E-state index contributed by atoms with van der Waals surface area (Å²) in [6, 6.07) is 10.4. The molecule has 0 aliphatic carbocycles. The normalized spacial score (nSPS) is 13.8. The standard InChI is InChI=1S/C14H12Cl2N2/c15-6-12-5-14(17-7-13(12)16)18-8-10-3-1-2-4-11(10)9-18/h1-5,7H,6,8-9H2. The molecule has 2 heterocycles. The molecule has 0 fully saturated rings. The Morgan fingerprint density at radius 3 is 2.44 bits per heavy atom. The maximum atomic E-state index is 6.03. The second kappa shape index (κ2) is 4.79. The Morgan fingerprint density at radius 1 is 1.17 bits per heavy atom. The van der Waals surface area contributed by atoms with E-state index in [4.69, 9.17) is 23.2 Å². The highest BCUT2D eigenvalue weighted by Crippen LogP contribution is 2.29. The molecule has 3 rings (SSSR count). The first-order valence-electron chi connectivity index (χ1n) is 5.80. The van der Waals surface area contributed by atoms with Gasteiger partial charge in [-0.25, -0.2) is 4.98 Å². The lowest BCUT2D eigenvalue weighted by atomic mass is 10.1. The van der Waals surface area contributed by atoms with Gasteiger partial charge in [0.05, 0.1) is 5.02 Å². The zero-order valence-electron chi connectivity index (χ0n) is 9.74. The summed E-state index contributed by atoms with van der Waals surface area (Å²) < 4.78 is 0. The average Bonchev–Trinajstić information content (AvgIpc) is 2.83. The Bertz CT molecular complexity index is 559. The smallest absolute Gasteiger partial charge is 0.129 e. The van der Waals surface area contributed by atoms with Gasteiger partial charge in [-0.15, -0.1) is 11.6 Å². The minimum Gasteiger partial charge on any atom is -0.348 e. The lowest BCUT2D eigenvalue weighted by Crippen LogP contribution is -2.16. The largest absolute Gasteiger partial charge is 0.348 e. The molecule has 0 unspecified atom stereocenters. The summed E-state index contributed by atoms with van der Waals surface area (Å²) >= 11 is 11.9. The fourth-order valence-electron chi connectivity index (χ4n) is 2.24. The summed E-state index contributed by atoms with van der Waals surface area (Å²) in [5, 5.41) is 0.630. The number of alkyl halides is 1. The first kappa shape index (κ1) is 11.8. The number of aromatic nitrogens is 1. The van der Waals surface area contributed by atoms with Crippen LogP contribution in [0.2, 0.25) is 5.02 Å². The number of anilines is 1.